The highest BCUT2D eigenvalue weighted by Gasteiger charge is 2.05. The topological polar surface area (TPSA) is 35.5 Å². The second-order valence-electron chi connectivity index (χ2n) is 3.36. The summed E-state index contributed by atoms with van der Waals surface area (Å²) in [6.45, 7) is 3.99. The Morgan fingerprint density at radius 1 is 1.38 bits per heavy atom. The predicted molar refractivity (Wildman–Crippen MR) is 62.4 cm³/mol. The molecule has 0 spiro atoms. The summed E-state index contributed by atoms with van der Waals surface area (Å²) >= 11 is 0. The van der Waals surface area contributed by atoms with Gasteiger partial charge in [0.25, 0.3) is 0 Å². The van der Waals surface area contributed by atoms with Crippen molar-refractivity contribution in [3.8, 4) is 5.75 Å². The van der Waals surface area contributed by atoms with Crippen LogP contribution < -0.4 is 4.74 Å². The summed E-state index contributed by atoms with van der Waals surface area (Å²) in [7, 11) is 1.62. The number of hydrogen-bond donors (Lipinski definition) is 0. The van der Waals surface area contributed by atoms with E-state index in [4.69, 9.17) is 9.47 Å². The van der Waals surface area contributed by atoms with Gasteiger partial charge in [0, 0.05) is 0 Å². The molecular weight excluding hydrogens is 204 g/mol. The van der Waals surface area contributed by atoms with Gasteiger partial charge in [-0.3, -0.25) is 0 Å². The molecule has 0 saturated carbocycles. The van der Waals surface area contributed by atoms with Gasteiger partial charge in [0.1, 0.15) is 18.1 Å². The van der Waals surface area contributed by atoms with Crippen LogP contribution in [0.5, 0.6) is 5.75 Å². The number of carbonyl (C=O) groups is 1. The van der Waals surface area contributed by atoms with Gasteiger partial charge in [0.05, 0.1) is 13.7 Å². The molecule has 0 aliphatic rings. The van der Waals surface area contributed by atoms with Gasteiger partial charge >= 0.3 is 0 Å². The number of hydrogen-bond acceptors (Lipinski definition) is 3. The molecule has 3 nitrogen and oxygen atoms in total. The number of carbonyl (C=O) groups excluding carboxylic acids is 1. The molecule has 1 aromatic rings. The minimum atomic E-state index is -0.403. The van der Waals surface area contributed by atoms with Crippen molar-refractivity contribution in [1.29, 1.82) is 0 Å². The van der Waals surface area contributed by atoms with Crippen LogP contribution in [0.4, 0.5) is 0 Å². The molecule has 0 fully saturated rings. The zero-order chi connectivity index (χ0) is 11.8. The highest BCUT2D eigenvalue weighted by Crippen LogP contribution is 2.12. The summed E-state index contributed by atoms with van der Waals surface area (Å²) in [6.07, 6.45) is 2.61. The van der Waals surface area contributed by atoms with Crippen molar-refractivity contribution in [2.45, 2.75) is 19.1 Å². The van der Waals surface area contributed by atoms with E-state index >= 15 is 0 Å². The fourth-order valence-corrected chi connectivity index (χ4v) is 1.25. The summed E-state index contributed by atoms with van der Waals surface area (Å²) in [4.78, 5) is 10.6. The van der Waals surface area contributed by atoms with Crippen LogP contribution in [0.15, 0.2) is 36.9 Å². The van der Waals surface area contributed by atoms with Crippen molar-refractivity contribution in [1.82, 2.24) is 0 Å². The van der Waals surface area contributed by atoms with E-state index in [1.165, 1.54) is 0 Å². The lowest BCUT2D eigenvalue weighted by Gasteiger charge is -2.09. The van der Waals surface area contributed by atoms with Crippen molar-refractivity contribution < 1.29 is 14.3 Å². The predicted octanol–water partition coefficient (Wildman–Crippen LogP) is 2.36. The van der Waals surface area contributed by atoms with Gasteiger partial charge in [-0.25, -0.2) is 0 Å². The fraction of sp³-hybridized carbons (Fsp3) is 0.308. The molecule has 3 heteroatoms. The third kappa shape index (κ3) is 3.87. The molecule has 0 saturated heterocycles. The minimum Gasteiger partial charge on any atom is -0.497 e. The summed E-state index contributed by atoms with van der Waals surface area (Å²) in [5.74, 6) is 0.807. The lowest BCUT2D eigenvalue weighted by molar-refractivity contribution is -0.118. The first-order chi connectivity index (χ1) is 7.80. The summed E-state index contributed by atoms with van der Waals surface area (Å²) in [5, 5.41) is 0. The molecule has 1 aromatic carbocycles. The second-order valence-corrected chi connectivity index (χ2v) is 3.36. The Morgan fingerprint density at radius 2 is 2.06 bits per heavy atom. The van der Waals surface area contributed by atoms with Gasteiger partial charge in [0.15, 0.2) is 0 Å². The summed E-state index contributed by atoms with van der Waals surface area (Å²) in [5.41, 5.74) is 1.01. The highest BCUT2D eigenvalue weighted by atomic mass is 16.5. The molecule has 0 aliphatic heterocycles. The van der Waals surface area contributed by atoms with Crippen LogP contribution in [0, 0.1) is 0 Å². The van der Waals surface area contributed by atoms with Gasteiger partial charge < -0.3 is 14.3 Å². The average Bonchev–Trinajstić information content (AvgIpc) is 2.35. The summed E-state index contributed by atoms with van der Waals surface area (Å²) in [6, 6.07) is 7.55. The molecule has 0 amide bonds. The first-order valence-electron chi connectivity index (χ1n) is 5.11. The normalized spacial score (nSPS) is 11.8. The molecule has 1 atom stereocenters. The van der Waals surface area contributed by atoms with Gasteiger partial charge in [0.2, 0.25) is 0 Å². The average molecular weight is 220 g/mol. The third-order valence-electron chi connectivity index (χ3n) is 2.17. The molecule has 0 heterocycles. The third-order valence-corrected chi connectivity index (χ3v) is 2.17. The van der Waals surface area contributed by atoms with Crippen LogP contribution in [0.2, 0.25) is 0 Å². The SMILES string of the molecule is C=CC[C@H](C=O)OCc1ccc(OC)cc1. The van der Waals surface area contributed by atoms with Crippen LogP contribution in [0.3, 0.4) is 0 Å². The summed E-state index contributed by atoms with van der Waals surface area (Å²) < 4.78 is 10.5. The van der Waals surface area contributed by atoms with E-state index in [0.717, 1.165) is 17.6 Å². The van der Waals surface area contributed by atoms with Crippen molar-refractivity contribution in [3.63, 3.8) is 0 Å². The van der Waals surface area contributed by atoms with Gasteiger partial charge in [-0.1, -0.05) is 18.2 Å². The van der Waals surface area contributed by atoms with Crippen LogP contribution in [-0.2, 0) is 16.1 Å². The Labute approximate surface area is 95.7 Å². The van der Waals surface area contributed by atoms with E-state index < -0.39 is 6.10 Å². The Kier molecular flexibility index (Phi) is 5.29. The van der Waals surface area contributed by atoms with Gasteiger partial charge in [-0.05, 0) is 24.1 Å². The lowest BCUT2D eigenvalue weighted by Crippen LogP contribution is -2.13. The van der Waals surface area contributed by atoms with Crippen LogP contribution in [0.1, 0.15) is 12.0 Å². The fourth-order valence-electron chi connectivity index (χ4n) is 1.25. The van der Waals surface area contributed by atoms with E-state index in [2.05, 4.69) is 6.58 Å². The monoisotopic (exact) mass is 220 g/mol. The molecule has 0 N–H and O–H groups in total. The molecular formula is C13H16O3. The maximum Gasteiger partial charge on any atom is 0.149 e. The number of methoxy groups -OCH3 is 1. The molecule has 0 unspecified atom stereocenters. The largest absolute Gasteiger partial charge is 0.497 e. The molecule has 0 radical (unpaired) electrons. The minimum absolute atomic E-state index is 0.403. The Bertz CT molecular complexity index is 330. The number of benzene rings is 1. The van der Waals surface area contributed by atoms with E-state index in [-0.39, 0.29) is 0 Å². The lowest BCUT2D eigenvalue weighted by atomic mass is 10.2. The van der Waals surface area contributed by atoms with Gasteiger partial charge in [-0.15, -0.1) is 6.58 Å². The zero-order valence-electron chi connectivity index (χ0n) is 9.39. The second kappa shape index (κ2) is 6.80. The molecule has 86 valence electrons. The van der Waals surface area contributed by atoms with Crippen LogP contribution >= 0.6 is 0 Å². The van der Waals surface area contributed by atoms with Crippen molar-refractivity contribution in [2.24, 2.45) is 0 Å². The Morgan fingerprint density at radius 3 is 2.56 bits per heavy atom. The number of ether oxygens (including phenoxy) is 2. The molecule has 0 aliphatic carbocycles. The van der Waals surface area contributed by atoms with Crippen LogP contribution in [-0.4, -0.2) is 19.5 Å². The quantitative estimate of drug-likeness (QED) is 0.522. The zero-order valence-corrected chi connectivity index (χ0v) is 9.39. The maximum absolute atomic E-state index is 10.6. The number of rotatable bonds is 7. The van der Waals surface area contributed by atoms with Crippen molar-refractivity contribution >= 4 is 6.29 Å². The molecule has 0 bridgehead atoms. The Hall–Kier alpha value is -1.61. The van der Waals surface area contributed by atoms with E-state index in [1.54, 1.807) is 13.2 Å². The first-order valence-corrected chi connectivity index (χ1v) is 5.11. The van der Waals surface area contributed by atoms with Crippen LogP contribution in [0.25, 0.3) is 0 Å². The van der Waals surface area contributed by atoms with E-state index in [9.17, 15) is 4.79 Å². The first kappa shape index (κ1) is 12.5. The van der Waals surface area contributed by atoms with E-state index in [0.29, 0.717) is 13.0 Å². The molecule has 16 heavy (non-hydrogen) atoms. The van der Waals surface area contributed by atoms with Gasteiger partial charge in [-0.2, -0.15) is 0 Å². The number of aldehydes is 1. The van der Waals surface area contributed by atoms with E-state index in [1.807, 2.05) is 24.3 Å². The molecule has 1 rings (SSSR count). The Balaban J connectivity index is 2.46. The van der Waals surface area contributed by atoms with Crippen molar-refractivity contribution in [2.75, 3.05) is 7.11 Å². The van der Waals surface area contributed by atoms with Crippen molar-refractivity contribution in [3.05, 3.63) is 42.5 Å². The standard InChI is InChI=1S/C13H16O3/c1-3-4-13(9-14)16-10-11-5-7-12(15-2)8-6-11/h3,5-9,13H,1,4,10H2,2H3/t13-/m1/s1. The highest BCUT2D eigenvalue weighted by molar-refractivity contribution is 5.56. The maximum atomic E-state index is 10.6. The molecule has 0 aromatic heterocycles. The smallest absolute Gasteiger partial charge is 0.149 e.